The Bertz CT molecular complexity index is 377. The van der Waals surface area contributed by atoms with Crippen molar-refractivity contribution in [1.29, 1.82) is 0 Å². The molecule has 0 aliphatic rings. The van der Waals surface area contributed by atoms with Crippen molar-refractivity contribution < 1.29 is 4.79 Å². The average molecular weight is 271 g/mol. The zero-order chi connectivity index (χ0) is 13.1. The largest absolute Gasteiger partial charge is 0.346 e. The topological polar surface area (TPSA) is 55.1 Å². The predicted molar refractivity (Wildman–Crippen MR) is 77.7 cm³/mol. The molecule has 0 spiro atoms. The highest BCUT2D eigenvalue weighted by Crippen LogP contribution is 2.19. The third kappa shape index (κ3) is 4.31. The summed E-state index contributed by atoms with van der Waals surface area (Å²) in [6.07, 6.45) is 0. The lowest BCUT2D eigenvalue weighted by Gasteiger charge is -2.29. The van der Waals surface area contributed by atoms with Crippen molar-refractivity contribution in [3.05, 3.63) is 35.9 Å². The van der Waals surface area contributed by atoms with E-state index in [1.165, 1.54) is 0 Å². The highest BCUT2D eigenvalue weighted by Gasteiger charge is 2.26. The van der Waals surface area contributed by atoms with Gasteiger partial charge in [-0.3, -0.25) is 4.79 Å². The molecule has 0 bridgehead atoms. The van der Waals surface area contributed by atoms with Gasteiger partial charge in [-0.25, -0.2) is 0 Å². The van der Waals surface area contributed by atoms with E-state index in [4.69, 9.17) is 5.73 Å². The first kappa shape index (κ1) is 16.9. The van der Waals surface area contributed by atoms with Crippen LogP contribution >= 0.6 is 12.4 Å². The second kappa shape index (κ2) is 6.76. The Morgan fingerprint density at radius 1 is 1.22 bits per heavy atom. The number of nitrogens with two attached hydrogens (primary N) is 1. The molecule has 0 radical (unpaired) electrons. The van der Waals surface area contributed by atoms with Crippen molar-refractivity contribution >= 4 is 18.3 Å². The van der Waals surface area contributed by atoms with Crippen LogP contribution in [0.1, 0.15) is 33.3 Å². The summed E-state index contributed by atoms with van der Waals surface area (Å²) in [5.41, 5.74) is 6.51. The Hall–Kier alpha value is -1.06. The first-order valence-electron chi connectivity index (χ1n) is 5.97. The molecular formula is C14H23ClN2O. The van der Waals surface area contributed by atoms with Gasteiger partial charge in [0.1, 0.15) is 0 Å². The lowest BCUT2D eigenvalue weighted by Crippen LogP contribution is -2.50. The van der Waals surface area contributed by atoms with Crippen LogP contribution in [-0.2, 0) is 10.3 Å². The fraction of sp³-hybridized carbons (Fsp3) is 0.500. The quantitative estimate of drug-likeness (QED) is 0.883. The number of rotatable bonds is 4. The first-order valence-corrected chi connectivity index (χ1v) is 5.97. The number of nitrogens with one attached hydrogen (secondary N) is 1. The van der Waals surface area contributed by atoms with Gasteiger partial charge in [-0.05, 0) is 25.3 Å². The number of halogens is 1. The van der Waals surface area contributed by atoms with Gasteiger partial charge in [0.15, 0.2) is 0 Å². The van der Waals surface area contributed by atoms with Crippen molar-refractivity contribution in [2.24, 2.45) is 11.7 Å². The summed E-state index contributed by atoms with van der Waals surface area (Å²) in [6.45, 7) is 7.85. The number of carbonyl (C=O) groups excluding carboxylic acids is 1. The van der Waals surface area contributed by atoms with Crippen molar-refractivity contribution in [3.63, 3.8) is 0 Å². The number of hydrogen-bond donors (Lipinski definition) is 2. The molecule has 0 fully saturated rings. The van der Waals surface area contributed by atoms with Gasteiger partial charge >= 0.3 is 0 Å². The van der Waals surface area contributed by atoms with E-state index in [0.717, 1.165) is 5.56 Å². The van der Waals surface area contributed by atoms with Crippen LogP contribution < -0.4 is 11.1 Å². The number of carbonyl (C=O) groups is 1. The third-order valence-corrected chi connectivity index (χ3v) is 2.95. The molecule has 0 aliphatic carbocycles. The summed E-state index contributed by atoms with van der Waals surface area (Å²) in [5.74, 6) is 0.0374. The second-order valence-electron chi connectivity index (χ2n) is 5.25. The summed E-state index contributed by atoms with van der Waals surface area (Å²) >= 11 is 0. The normalized spacial score (nSPS) is 12.8. The molecule has 3 nitrogen and oxygen atoms in total. The summed E-state index contributed by atoms with van der Waals surface area (Å²) in [7, 11) is 0. The molecule has 1 aromatic carbocycles. The lowest BCUT2D eigenvalue weighted by molar-refractivity contribution is -0.124. The molecule has 0 aromatic heterocycles. The van der Waals surface area contributed by atoms with Crippen molar-refractivity contribution in [1.82, 2.24) is 5.32 Å². The predicted octanol–water partition coefficient (Wildman–Crippen LogP) is 2.44. The SMILES string of the molecule is CC(C)[C@@H](N)C(=O)NC(C)(C)c1ccccc1.Cl. The number of hydrogen-bond acceptors (Lipinski definition) is 2. The van der Waals surface area contributed by atoms with Crippen molar-refractivity contribution in [2.45, 2.75) is 39.3 Å². The smallest absolute Gasteiger partial charge is 0.237 e. The van der Waals surface area contributed by atoms with Gasteiger partial charge in [-0.1, -0.05) is 44.2 Å². The van der Waals surface area contributed by atoms with E-state index in [0.29, 0.717) is 0 Å². The van der Waals surface area contributed by atoms with Crippen LogP contribution in [0.3, 0.4) is 0 Å². The van der Waals surface area contributed by atoms with Crippen LogP contribution in [0, 0.1) is 5.92 Å². The van der Waals surface area contributed by atoms with Gasteiger partial charge in [0.05, 0.1) is 11.6 Å². The van der Waals surface area contributed by atoms with Gasteiger partial charge < -0.3 is 11.1 Å². The van der Waals surface area contributed by atoms with Crippen LogP contribution in [0.2, 0.25) is 0 Å². The summed E-state index contributed by atoms with van der Waals surface area (Å²) in [5, 5.41) is 2.99. The lowest BCUT2D eigenvalue weighted by atomic mass is 9.93. The summed E-state index contributed by atoms with van der Waals surface area (Å²) in [4.78, 5) is 11.9. The molecule has 18 heavy (non-hydrogen) atoms. The van der Waals surface area contributed by atoms with Crippen LogP contribution in [-0.4, -0.2) is 11.9 Å². The molecule has 0 unspecified atom stereocenters. The van der Waals surface area contributed by atoms with Crippen molar-refractivity contribution in [2.75, 3.05) is 0 Å². The molecule has 3 N–H and O–H groups in total. The molecule has 0 heterocycles. The maximum absolute atomic E-state index is 11.9. The molecule has 1 amide bonds. The standard InChI is InChI=1S/C14H22N2O.ClH/c1-10(2)12(15)13(17)16-14(3,4)11-8-6-5-7-9-11;/h5-10,12H,15H2,1-4H3,(H,16,17);1H/t12-;/m1./s1. The van der Waals surface area contributed by atoms with E-state index < -0.39 is 11.6 Å². The molecule has 0 saturated carbocycles. The van der Waals surface area contributed by atoms with E-state index in [2.05, 4.69) is 5.32 Å². The summed E-state index contributed by atoms with van der Waals surface area (Å²) in [6, 6.07) is 9.43. The van der Waals surface area contributed by atoms with Gasteiger partial charge in [-0.15, -0.1) is 12.4 Å². The minimum Gasteiger partial charge on any atom is -0.346 e. The Kier molecular flexibility index (Phi) is 6.36. The molecule has 4 heteroatoms. The minimum absolute atomic E-state index is 0. The fourth-order valence-electron chi connectivity index (χ4n) is 1.62. The molecule has 0 saturated heterocycles. The molecular weight excluding hydrogens is 248 g/mol. The van der Waals surface area contributed by atoms with Gasteiger partial charge in [0.25, 0.3) is 0 Å². The Morgan fingerprint density at radius 3 is 2.17 bits per heavy atom. The second-order valence-corrected chi connectivity index (χ2v) is 5.25. The van der Waals surface area contributed by atoms with E-state index in [-0.39, 0.29) is 24.2 Å². The third-order valence-electron chi connectivity index (χ3n) is 2.95. The Labute approximate surface area is 116 Å². The Balaban J connectivity index is 0.00000289. The molecule has 0 aliphatic heterocycles. The number of benzene rings is 1. The van der Waals surface area contributed by atoms with E-state index in [1.807, 2.05) is 58.0 Å². The van der Waals surface area contributed by atoms with Crippen LogP contribution in [0.25, 0.3) is 0 Å². The van der Waals surface area contributed by atoms with E-state index in [1.54, 1.807) is 0 Å². The summed E-state index contributed by atoms with van der Waals surface area (Å²) < 4.78 is 0. The van der Waals surface area contributed by atoms with Crippen LogP contribution in [0.4, 0.5) is 0 Å². The Morgan fingerprint density at radius 2 is 1.72 bits per heavy atom. The molecule has 1 rings (SSSR count). The number of amides is 1. The average Bonchev–Trinajstić information content (AvgIpc) is 2.28. The van der Waals surface area contributed by atoms with E-state index in [9.17, 15) is 4.79 Å². The zero-order valence-electron chi connectivity index (χ0n) is 11.4. The van der Waals surface area contributed by atoms with Gasteiger partial charge in [0, 0.05) is 0 Å². The molecule has 1 atom stereocenters. The maximum atomic E-state index is 11.9. The zero-order valence-corrected chi connectivity index (χ0v) is 12.3. The van der Waals surface area contributed by atoms with Crippen LogP contribution in [0.15, 0.2) is 30.3 Å². The monoisotopic (exact) mass is 270 g/mol. The highest BCUT2D eigenvalue weighted by atomic mass is 35.5. The first-order chi connectivity index (χ1) is 7.84. The van der Waals surface area contributed by atoms with Crippen molar-refractivity contribution in [3.8, 4) is 0 Å². The maximum Gasteiger partial charge on any atom is 0.237 e. The van der Waals surface area contributed by atoms with Gasteiger partial charge in [-0.2, -0.15) is 0 Å². The molecule has 1 aromatic rings. The van der Waals surface area contributed by atoms with E-state index >= 15 is 0 Å². The van der Waals surface area contributed by atoms with Gasteiger partial charge in [0.2, 0.25) is 5.91 Å². The van der Waals surface area contributed by atoms with Crippen LogP contribution in [0.5, 0.6) is 0 Å². The fourth-order valence-corrected chi connectivity index (χ4v) is 1.62. The highest BCUT2D eigenvalue weighted by molar-refractivity contribution is 5.85. The molecule has 102 valence electrons. The minimum atomic E-state index is -0.460.